The Balaban J connectivity index is 2.58. The third kappa shape index (κ3) is 5.03. The zero-order chi connectivity index (χ0) is 13.4. The Bertz CT molecular complexity index is 320. The van der Waals surface area contributed by atoms with E-state index in [-0.39, 0.29) is 0 Å². The molecule has 0 heterocycles. The molecule has 0 aliphatic rings. The molecule has 0 aliphatic carbocycles. The Morgan fingerprint density at radius 3 is 2.33 bits per heavy atom. The van der Waals surface area contributed by atoms with E-state index in [0.29, 0.717) is 12.1 Å². The molecule has 1 nitrogen and oxygen atoms in total. The van der Waals surface area contributed by atoms with Gasteiger partial charge < -0.3 is 5.32 Å². The summed E-state index contributed by atoms with van der Waals surface area (Å²) in [7, 11) is 0. The highest BCUT2D eigenvalue weighted by atomic mass is 32.2. The van der Waals surface area contributed by atoms with Crippen molar-refractivity contribution in [3.05, 3.63) is 35.4 Å². The van der Waals surface area contributed by atoms with Crippen molar-refractivity contribution in [3.63, 3.8) is 0 Å². The molecule has 0 bridgehead atoms. The van der Waals surface area contributed by atoms with Crippen LogP contribution in [0.4, 0.5) is 0 Å². The molecular formula is C16H27NS. The standard InChI is InChI=1S/C16H27NS/c1-5-14-7-9-15(10-8-14)16(6-2)17-13(3)11-12-18-4/h7-10,13,16-17H,5-6,11-12H2,1-4H3. The van der Waals surface area contributed by atoms with E-state index < -0.39 is 0 Å². The summed E-state index contributed by atoms with van der Waals surface area (Å²) in [6, 6.07) is 10.2. The van der Waals surface area contributed by atoms with Crippen molar-refractivity contribution in [2.45, 2.75) is 52.1 Å². The van der Waals surface area contributed by atoms with Crippen LogP contribution >= 0.6 is 11.8 Å². The molecule has 0 aliphatic heterocycles. The van der Waals surface area contributed by atoms with Gasteiger partial charge in [0.25, 0.3) is 0 Å². The summed E-state index contributed by atoms with van der Waals surface area (Å²) in [6.07, 6.45) is 5.68. The Kier molecular flexibility index (Phi) is 7.45. The maximum absolute atomic E-state index is 3.74. The normalized spacial score (nSPS) is 14.4. The first-order valence-electron chi connectivity index (χ1n) is 7.05. The average molecular weight is 265 g/mol. The second-order valence-electron chi connectivity index (χ2n) is 4.91. The molecule has 0 saturated carbocycles. The first-order chi connectivity index (χ1) is 8.71. The summed E-state index contributed by atoms with van der Waals surface area (Å²) in [6.45, 7) is 6.75. The van der Waals surface area contributed by atoms with Gasteiger partial charge >= 0.3 is 0 Å². The van der Waals surface area contributed by atoms with Crippen molar-refractivity contribution < 1.29 is 0 Å². The molecule has 102 valence electrons. The summed E-state index contributed by atoms with van der Waals surface area (Å²) < 4.78 is 0. The summed E-state index contributed by atoms with van der Waals surface area (Å²) in [5, 5.41) is 3.74. The molecule has 0 saturated heterocycles. The van der Waals surface area contributed by atoms with E-state index >= 15 is 0 Å². The Morgan fingerprint density at radius 1 is 1.17 bits per heavy atom. The Morgan fingerprint density at radius 2 is 1.83 bits per heavy atom. The van der Waals surface area contributed by atoms with Crippen LogP contribution in [0, 0.1) is 0 Å². The van der Waals surface area contributed by atoms with E-state index in [0.717, 1.165) is 12.8 Å². The lowest BCUT2D eigenvalue weighted by molar-refractivity contribution is 0.439. The SMILES string of the molecule is CCc1ccc(C(CC)NC(C)CCSC)cc1. The number of hydrogen-bond acceptors (Lipinski definition) is 2. The molecule has 1 aromatic carbocycles. The minimum Gasteiger partial charge on any atom is -0.307 e. The molecule has 2 heteroatoms. The van der Waals surface area contributed by atoms with Gasteiger partial charge in [0, 0.05) is 12.1 Å². The molecule has 0 amide bonds. The quantitative estimate of drug-likeness (QED) is 0.746. The number of rotatable bonds is 8. The van der Waals surface area contributed by atoms with Crippen LogP contribution in [-0.2, 0) is 6.42 Å². The maximum Gasteiger partial charge on any atom is 0.0319 e. The lowest BCUT2D eigenvalue weighted by Gasteiger charge is -2.22. The van der Waals surface area contributed by atoms with Crippen LogP contribution in [0.2, 0.25) is 0 Å². The van der Waals surface area contributed by atoms with E-state index in [9.17, 15) is 0 Å². The van der Waals surface area contributed by atoms with Crippen molar-refractivity contribution in [2.24, 2.45) is 0 Å². The van der Waals surface area contributed by atoms with Gasteiger partial charge in [-0.25, -0.2) is 0 Å². The topological polar surface area (TPSA) is 12.0 Å². The number of nitrogens with one attached hydrogen (secondary N) is 1. The van der Waals surface area contributed by atoms with Crippen LogP contribution in [0.5, 0.6) is 0 Å². The molecule has 0 fully saturated rings. The van der Waals surface area contributed by atoms with E-state index in [4.69, 9.17) is 0 Å². The smallest absolute Gasteiger partial charge is 0.0319 e. The van der Waals surface area contributed by atoms with Crippen LogP contribution in [0.15, 0.2) is 24.3 Å². The van der Waals surface area contributed by atoms with Crippen LogP contribution in [-0.4, -0.2) is 18.1 Å². The van der Waals surface area contributed by atoms with Crippen molar-refractivity contribution in [1.82, 2.24) is 5.32 Å². The van der Waals surface area contributed by atoms with Gasteiger partial charge in [0.1, 0.15) is 0 Å². The minimum atomic E-state index is 0.493. The molecule has 1 rings (SSSR count). The number of hydrogen-bond donors (Lipinski definition) is 1. The second-order valence-corrected chi connectivity index (χ2v) is 5.89. The fourth-order valence-corrected chi connectivity index (χ4v) is 2.75. The van der Waals surface area contributed by atoms with Gasteiger partial charge in [-0.1, -0.05) is 38.1 Å². The maximum atomic E-state index is 3.74. The fraction of sp³-hybridized carbons (Fsp3) is 0.625. The number of thioether (sulfide) groups is 1. The van der Waals surface area contributed by atoms with E-state index in [2.05, 4.69) is 56.6 Å². The van der Waals surface area contributed by atoms with Crippen LogP contribution in [0.25, 0.3) is 0 Å². The van der Waals surface area contributed by atoms with Gasteiger partial charge in [-0.3, -0.25) is 0 Å². The van der Waals surface area contributed by atoms with Crippen LogP contribution in [0.1, 0.15) is 50.8 Å². The molecule has 0 spiro atoms. The van der Waals surface area contributed by atoms with Crippen molar-refractivity contribution in [1.29, 1.82) is 0 Å². The molecule has 0 radical (unpaired) electrons. The highest BCUT2D eigenvalue weighted by Crippen LogP contribution is 2.19. The zero-order valence-corrected chi connectivity index (χ0v) is 13.0. The summed E-state index contributed by atoms with van der Waals surface area (Å²) in [4.78, 5) is 0. The lowest BCUT2D eigenvalue weighted by Crippen LogP contribution is -2.30. The summed E-state index contributed by atoms with van der Waals surface area (Å²) in [5.41, 5.74) is 2.84. The third-order valence-corrected chi connectivity index (χ3v) is 4.08. The van der Waals surface area contributed by atoms with E-state index in [1.165, 1.54) is 23.3 Å². The third-order valence-electron chi connectivity index (χ3n) is 3.44. The van der Waals surface area contributed by atoms with Gasteiger partial charge in [0.2, 0.25) is 0 Å². The fourth-order valence-electron chi connectivity index (χ4n) is 2.16. The van der Waals surface area contributed by atoms with Crippen molar-refractivity contribution in [3.8, 4) is 0 Å². The van der Waals surface area contributed by atoms with Gasteiger partial charge in [-0.05, 0) is 49.3 Å². The number of aryl methyl sites for hydroxylation is 1. The molecule has 1 aromatic rings. The highest BCUT2D eigenvalue weighted by molar-refractivity contribution is 7.98. The van der Waals surface area contributed by atoms with Gasteiger partial charge in [-0.15, -0.1) is 0 Å². The molecule has 0 aromatic heterocycles. The highest BCUT2D eigenvalue weighted by Gasteiger charge is 2.11. The van der Waals surface area contributed by atoms with Gasteiger partial charge in [0.05, 0.1) is 0 Å². The zero-order valence-electron chi connectivity index (χ0n) is 12.2. The first-order valence-corrected chi connectivity index (χ1v) is 8.44. The Labute approximate surface area is 117 Å². The van der Waals surface area contributed by atoms with Crippen molar-refractivity contribution in [2.75, 3.05) is 12.0 Å². The molecule has 2 atom stereocenters. The van der Waals surface area contributed by atoms with E-state index in [1.54, 1.807) is 0 Å². The predicted molar refractivity (Wildman–Crippen MR) is 84.4 cm³/mol. The number of benzene rings is 1. The molecule has 18 heavy (non-hydrogen) atoms. The van der Waals surface area contributed by atoms with Gasteiger partial charge in [0.15, 0.2) is 0 Å². The van der Waals surface area contributed by atoms with Gasteiger partial charge in [-0.2, -0.15) is 11.8 Å². The van der Waals surface area contributed by atoms with Crippen molar-refractivity contribution >= 4 is 11.8 Å². The van der Waals surface area contributed by atoms with Crippen LogP contribution in [0.3, 0.4) is 0 Å². The second kappa shape index (κ2) is 8.60. The van der Waals surface area contributed by atoms with Crippen LogP contribution < -0.4 is 5.32 Å². The van der Waals surface area contributed by atoms with E-state index in [1.807, 2.05) is 11.8 Å². The Hall–Kier alpha value is -0.470. The largest absolute Gasteiger partial charge is 0.307 e. The molecular weight excluding hydrogens is 238 g/mol. The monoisotopic (exact) mass is 265 g/mol. The molecule has 2 unspecified atom stereocenters. The summed E-state index contributed by atoms with van der Waals surface area (Å²) in [5.74, 6) is 1.24. The lowest BCUT2D eigenvalue weighted by atomic mass is 10.0. The summed E-state index contributed by atoms with van der Waals surface area (Å²) >= 11 is 1.93. The average Bonchev–Trinajstić information content (AvgIpc) is 2.42. The predicted octanol–water partition coefficient (Wildman–Crippen LogP) is 4.43. The first kappa shape index (κ1) is 15.6. The molecule has 1 N–H and O–H groups in total. The minimum absolute atomic E-state index is 0.493.